The zero-order valence-corrected chi connectivity index (χ0v) is 11.1. The number of benzene rings is 2. The lowest BCUT2D eigenvalue weighted by molar-refractivity contribution is 0.0510. The molecule has 4 heteroatoms. The minimum atomic E-state index is -0.448. The lowest BCUT2D eigenvalue weighted by Crippen LogP contribution is -2.10. The van der Waals surface area contributed by atoms with Gasteiger partial charge in [0.1, 0.15) is 0 Å². The number of nitrogens with two attached hydrogens (primary N) is 1. The van der Waals surface area contributed by atoms with Crippen LogP contribution in [0, 0.1) is 0 Å². The largest absolute Gasteiger partial charge is 0.462 e. The first-order chi connectivity index (χ1) is 9.16. The summed E-state index contributed by atoms with van der Waals surface area (Å²) in [5, 5.41) is 0.462. The third-order valence-electron chi connectivity index (χ3n) is 2.70. The summed E-state index contributed by atoms with van der Waals surface area (Å²) < 4.78 is 5.19. The van der Waals surface area contributed by atoms with Gasteiger partial charge in [0.15, 0.2) is 0 Å². The van der Waals surface area contributed by atoms with Crippen molar-refractivity contribution in [1.29, 1.82) is 0 Å². The molecule has 0 atom stereocenters. The third kappa shape index (κ3) is 3.73. The topological polar surface area (TPSA) is 52.3 Å². The van der Waals surface area contributed by atoms with Gasteiger partial charge in [-0.2, -0.15) is 0 Å². The molecule has 0 saturated carbocycles. The number of esters is 1. The molecule has 0 aliphatic carbocycles. The molecule has 0 bridgehead atoms. The molecule has 0 spiro atoms. The van der Waals surface area contributed by atoms with E-state index in [0.29, 0.717) is 29.3 Å². The zero-order chi connectivity index (χ0) is 13.7. The van der Waals surface area contributed by atoms with Crippen LogP contribution in [-0.4, -0.2) is 12.6 Å². The van der Waals surface area contributed by atoms with Gasteiger partial charge in [0.25, 0.3) is 0 Å². The predicted octanol–water partition coefficient (Wildman–Crippen LogP) is 3.32. The van der Waals surface area contributed by atoms with Crippen LogP contribution in [0.2, 0.25) is 5.02 Å². The lowest BCUT2D eigenvalue weighted by atomic mass is 10.1. The Morgan fingerprint density at radius 3 is 2.63 bits per heavy atom. The van der Waals surface area contributed by atoms with Crippen molar-refractivity contribution in [2.45, 2.75) is 6.42 Å². The quantitative estimate of drug-likeness (QED) is 0.688. The number of rotatable bonds is 4. The second-order valence-electron chi connectivity index (χ2n) is 4.10. The van der Waals surface area contributed by atoms with Crippen molar-refractivity contribution in [2.24, 2.45) is 0 Å². The molecule has 2 rings (SSSR count). The van der Waals surface area contributed by atoms with Gasteiger partial charge in [-0.25, -0.2) is 4.79 Å². The summed E-state index contributed by atoms with van der Waals surface area (Å²) in [4.78, 5) is 11.8. The SMILES string of the molecule is Nc1ccc(Cl)cc1C(=O)OCCc1ccccc1. The molecule has 0 aliphatic rings. The maximum absolute atomic E-state index is 11.8. The summed E-state index contributed by atoms with van der Waals surface area (Å²) in [5.74, 6) is -0.448. The van der Waals surface area contributed by atoms with E-state index in [4.69, 9.17) is 22.1 Å². The number of carbonyl (C=O) groups excluding carboxylic acids is 1. The van der Waals surface area contributed by atoms with Crippen molar-refractivity contribution in [3.05, 3.63) is 64.7 Å². The number of anilines is 1. The number of nitrogen functional groups attached to an aromatic ring is 1. The van der Waals surface area contributed by atoms with E-state index in [1.165, 1.54) is 6.07 Å². The molecule has 0 saturated heterocycles. The van der Waals surface area contributed by atoms with E-state index in [1.807, 2.05) is 30.3 Å². The highest BCUT2D eigenvalue weighted by atomic mass is 35.5. The van der Waals surface area contributed by atoms with Crippen molar-refractivity contribution < 1.29 is 9.53 Å². The van der Waals surface area contributed by atoms with Crippen molar-refractivity contribution in [1.82, 2.24) is 0 Å². The number of carbonyl (C=O) groups is 1. The normalized spacial score (nSPS) is 10.2. The van der Waals surface area contributed by atoms with Gasteiger partial charge in [-0.1, -0.05) is 41.9 Å². The lowest BCUT2D eigenvalue weighted by Gasteiger charge is -2.07. The Labute approximate surface area is 117 Å². The molecule has 0 aromatic heterocycles. The van der Waals surface area contributed by atoms with E-state index in [9.17, 15) is 4.79 Å². The van der Waals surface area contributed by atoms with Gasteiger partial charge in [-0.05, 0) is 23.8 Å². The Balaban J connectivity index is 1.93. The molecule has 0 heterocycles. The first kappa shape index (κ1) is 13.4. The molecule has 0 fully saturated rings. The first-order valence-electron chi connectivity index (χ1n) is 5.93. The molecule has 0 radical (unpaired) electrons. The Morgan fingerprint density at radius 2 is 1.89 bits per heavy atom. The van der Waals surface area contributed by atoms with Crippen molar-refractivity contribution in [3.8, 4) is 0 Å². The summed E-state index contributed by atoms with van der Waals surface area (Å²) in [5.41, 5.74) is 7.51. The van der Waals surface area contributed by atoms with Crippen molar-refractivity contribution in [2.75, 3.05) is 12.3 Å². The van der Waals surface area contributed by atoms with Crippen molar-refractivity contribution in [3.63, 3.8) is 0 Å². The minimum Gasteiger partial charge on any atom is -0.462 e. The molecular weight excluding hydrogens is 262 g/mol. The maximum atomic E-state index is 11.8. The summed E-state index contributed by atoms with van der Waals surface area (Å²) >= 11 is 5.83. The van der Waals surface area contributed by atoms with Gasteiger partial charge in [-0.3, -0.25) is 0 Å². The molecule has 0 unspecified atom stereocenters. The molecule has 2 aromatic carbocycles. The highest BCUT2D eigenvalue weighted by Gasteiger charge is 2.11. The van der Waals surface area contributed by atoms with E-state index < -0.39 is 5.97 Å². The molecule has 2 aromatic rings. The van der Waals surface area contributed by atoms with Crippen molar-refractivity contribution >= 4 is 23.3 Å². The van der Waals surface area contributed by atoms with Gasteiger partial charge >= 0.3 is 5.97 Å². The Bertz CT molecular complexity index is 570. The van der Waals surface area contributed by atoms with Crippen LogP contribution < -0.4 is 5.73 Å². The van der Waals surface area contributed by atoms with Gasteiger partial charge in [0.05, 0.1) is 12.2 Å². The summed E-state index contributed by atoms with van der Waals surface area (Å²) in [6.45, 7) is 0.314. The van der Waals surface area contributed by atoms with Gasteiger partial charge < -0.3 is 10.5 Å². The average Bonchev–Trinajstić information content (AvgIpc) is 2.42. The fourth-order valence-electron chi connectivity index (χ4n) is 1.69. The summed E-state index contributed by atoms with van der Waals surface area (Å²) in [7, 11) is 0. The Hall–Kier alpha value is -2.00. The maximum Gasteiger partial charge on any atom is 0.340 e. The van der Waals surface area contributed by atoms with E-state index >= 15 is 0 Å². The fourth-order valence-corrected chi connectivity index (χ4v) is 1.86. The number of ether oxygens (including phenoxy) is 1. The Kier molecular flexibility index (Phi) is 4.42. The monoisotopic (exact) mass is 275 g/mol. The molecule has 0 amide bonds. The van der Waals surface area contributed by atoms with Crippen LogP contribution in [0.1, 0.15) is 15.9 Å². The second-order valence-corrected chi connectivity index (χ2v) is 4.54. The fraction of sp³-hybridized carbons (Fsp3) is 0.133. The first-order valence-corrected chi connectivity index (χ1v) is 6.30. The number of hydrogen-bond acceptors (Lipinski definition) is 3. The average molecular weight is 276 g/mol. The van der Waals surface area contributed by atoms with Crippen LogP contribution in [0.15, 0.2) is 48.5 Å². The van der Waals surface area contributed by atoms with Crippen LogP contribution >= 0.6 is 11.6 Å². The molecule has 2 N–H and O–H groups in total. The van der Waals surface area contributed by atoms with Crippen LogP contribution in [0.25, 0.3) is 0 Å². The standard InChI is InChI=1S/C15H14ClNO2/c16-12-6-7-14(17)13(10-12)15(18)19-9-8-11-4-2-1-3-5-11/h1-7,10H,8-9,17H2. The summed E-state index contributed by atoms with van der Waals surface area (Å²) in [6, 6.07) is 14.6. The third-order valence-corrected chi connectivity index (χ3v) is 2.94. The van der Waals surface area contributed by atoms with E-state index in [0.717, 1.165) is 5.56 Å². The van der Waals surface area contributed by atoms with Crippen LogP contribution in [0.3, 0.4) is 0 Å². The smallest absolute Gasteiger partial charge is 0.340 e. The molecular formula is C15H14ClNO2. The molecule has 98 valence electrons. The minimum absolute atomic E-state index is 0.306. The van der Waals surface area contributed by atoms with Crippen LogP contribution in [0.5, 0.6) is 0 Å². The van der Waals surface area contributed by atoms with E-state index in [-0.39, 0.29) is 0 Å². The molecule has 0 aliphatic heterocycles. The Morgan fingerprint density at radius 1 is 1.16 bits per heavy atom. The second kappa shape index (κ2) is 6.25. The van der Waals surface area contributed by atoms with E-state index in [2.05, 4.69) is 0 Å². The zero-order valence-electron chi connectivity index (χ0n) is 10.3. The van der Waals surface area contributed by atoms with E-state index in [1.54, 1.807) is 12.1 Å². The summed E-state index contributed by atoms with van der Waals surface area (Å²) in [6.07, 6.45) is 0.674. The van der Waals surface area contributed by atoms with Gasteiger partial charge in [0, 0.05) is 17.1 Å². The number of hydrogen-bond donors (Lipinski definition) is 1. The number of halogens is 1. The molecule has 19 heavy (non-hydrogen) atoms. The van der Waals surface area contributed by atoms with Crippen LogP contribution in [0.4, 0.5) is 5.69 Å². The van der Waals surface area contributed by atoms with Crippen LogP contribution in [-0.2, 0) is 11.2 Å². The highest BCUT2D eigenvalue weighted by Crippen LogP contribution is 2.18. The van der Waals surface area contributed by atoms with Gasteiger partial charge in [0.2, 0.25) is 0 Å². The highest BCUT2D eigenvalue weighted by molar-refractivity contribution is 6.31. The predicted molar refractivity (Wildman–Crippen MR) is 76.3 cm³/mol. The molecule has 3 nitrogen and oxygen atoms in total. The van der Waals surface area contributed by atoms with Gasteiger partial charge in [-0.15, -0.1) is 0 Å².